The number of nitrogens with one attached hydrogen (secondary N) is 2. The summed E-state index contributed by atoms with van der Waals surface area (Å²) in [6.07, 6.45) is 1.52. The number of fused-ring (bicyclic) bond motifs is 1. The van der Waals surface area contributed by atoms with Gasteiger partial charge in [-0.05, 0) is 23.8 Å². The molecule has 132 valence electrons. The van der Waals surface area contributed by atoms with E-state index in [4.69, 9.17) is 11.6 Å². The van der Waals surface area contributed by atoms with Crippen LogP contribution in [0.4, 0.5) is 0 Å². The SMILES string of the molecule is O=C(CNC(=O)c1sc2ccccc2c1Cl)N/N=C/c1cccc(Br)c1. The number of rotatable bonds is 5. The van der Waals surface area contributed by atoms with Crippen molar-refractivity contribution in [2.45, 2.75) is 0 Å². The van der Waals surface area contributed by atoms with E-state index in [9.17, 15) is 9.59 Å². The molecule has 8 heteroatoms. The molecule has 3 rings (SSSR count). The molecule has 3 aromatic rings. The van der Waals surface area contributed by atoms with E-state index in [0.29, 0.717) is 9.90 Å². The van der Waals surface area contributed by atoms with Crippen LogP contribution in [0, 0.1) is 0 Å². The number of halogens is 2. The molecule has 26 heavy (non-hydrogen) atoms. The summed E-state index contributed by atoms with van der Waals surface area (Å²) in [5.74, 6) is -0.816. The minimum absolute atomic E-state index is 0.195. The number of carbonyl (C=O) groups is 2. The van der Waals surface area contributed by atoms with Gasteiger partial charge in [-0.1, -0.05) is 57.9 Å². The molecule has 2 amide bonds. The normalized spacial score (nSPS) is 11.0. The van der Waals surface area contributed by atoms with Crippen LogP contribution in [0.25, 0.3) is 10.1 Å². The van der Waals surface area contributed by atoms with Gasteiger partial charge in [0.25, 0.3) is 11.8 Å². The van der Waals surface area contributed by atoms with Gasteiger partial charge in [0.1, 0.15) is 4.88 Å². The minimum atomic E-state index is -0.429. The molecule has 0 unspecified atom stereocenters. The van der Waals surface area contributed by atoms with Crippen molar-refractivity contribution in [3.05, 3.63) is 68.5 Å². The van der Waals surface area contributed by atoms with Gasteiger partial charge in [-0.25, -0.2) is 5.43 Å². The summed E-state index contributed by atoms with van der Waals surface area (Å²) in [6, 6.07) is 15.0. The maximum atomic E-state index is 12.3. The average molecular weight is 451 g/mol. The van der Waals surface area contributed by atoms with Crippen LogP contribution >= 0.6 is 38.9 Å². The molecule has 0 atom stereocenters. The highest BCUT2D eigenvalue weighted by molar-refractivity contribution is 9.10. The Morgan fingerprint density at radius 2 is 2.00 bits per heavy atom. The molecular formula is C18H13BrClN3O2S. The number of hydrazone groups is 1. The van der Waals surface area contributed by atoms with Crippen molar-refractivity contribution >= 4 is 67.0 Å². The van der Waals surface area contributed by atoms with E-state index >= 15 is 0 Å². The van der Waals surface area contributed by atoms with Crippen LogP contribution < -0.4 is 10.7 Å². The zero-order valence-electron chi connectivity index (χ0n) is 13.3. The van der Waals surface area contributed by atoms with Crippen molar-refractivity contribution in [1.29, 1.82) is 0 Å². The Labute approximate surface area is 167 Å². The molecule has 0 spiro atoms. The van der Waals surface area contributed by atoms with Crippen LogP contribution in [0.3, 0.4) is 0 Å². The number of nitrogens with zero attached hydrogens (tertiary/aromatic N) is 1. The van der Waals surface area contributed by atoms with Crippen molar-refractivity contribution in [3.8, 4) is 0 Å². The molecule has 0 bridgehead atoms. The third-order valence-electron chi connectivity index (χ3n) is 3.40. The third-order valence-corrected chi connectivity index (χ3v) is 5.57. The molecule has 2 N–H and O–H groups in total. The first-order valence-corrected chi connectivity index (χ1v) is 9.56. The number of hydrogen-bond donors (Lipinski definition) is 2. The van der Waals surface area contributed by atoms with E-state index in [1.807, 2.05) is 48.5 Å². The van der Waals surface area contributed by atoms with Crippen LogP contribution in [0.2, 0.25) is 5.02 Å². The molecule has 2 aromatic carbocycles. The van der Waals surface area contributed by atoms with Crippen molar-refractivity contribution in [2.24, 2.45) is 5.10 Å². The van der Waals surface area contributed by atoms with Gasteiger partial charge in [0.2, 0.25) is 0 Å². The highest BCUT2D eigenvalue weighted by Crippen LogP contribution is 2.34. The predicted octanol–water partition coefficient (Wildman–Crippen LogP) is 4.20. The van der Waals surface area contributed by atoms with Crippen molar-refractivity contribution in [1.82, 2.24) is 10.7 Å². The second-order valence-electron chi connectivity index (χ2n) is 5.27. The first-order chi connectivity index (χ1) is 12.5. The Balaban J connectivity index is 1.55. The molecule has 0 saturated carbocycles. The summed E-state index contributed by atoms with van der Waals surface area (Å²) in [6.45, 7) is -0.195. The molecule has 0 aliphatic heterocycles. The van der Waals surface area contributed by atoms with E-state index in [0.717, 1.165) is 20.1 Å². The van der Waals surface area contributed by atoms with Crippen LogP contribution in [0.5, 0.6) is 0 Å². The Hall–Kier alpha value is -2.22. The summed E-state index contributed by atoms with van der Waals surface area (Å²) in [7, 11) is 0. The second kappa shape index (κ2) is 8.44. The topological polar surface area (TPSA) is 70.6 Å². The molecule has 0 aliphatic rings. The summed E-state index contributed by atoms with van der Waals surface area (Å²) < 4.78 is 1.84. The fourth-order valence-corrected chi connectivity index (χ4v) is 4.06. The number of benzene rings is 2. The highest BCUT2D eigenvalue weighted by atomic mass is 79.9. The highest BCUT2D eigenvalue weighted by Gasteiger charge is 2.17. The molecule has 0 fully saturated rings. The zero-order valence-corrected chi connectivity index (χ0v) is 16.5. The lowest BCUT2D eigenvalue weighted by molar-refractivity contribution is -0.120. The van der Waals surface area contributed by atoms with Gasteiger partial charge in [0.15, 0.2) is 0 Å². The van der Waals surface area contributed by atoms with E-state index in [2.05, 4.69) is 31.8 Å². The maximum Gasteiger partial charge on any atom is 0.263 e. The van der Waals surface area contributed by atoms with Gasteiger partial charge in [-0.2, -0.15) is 5.10 Å². The van der Waals surface area contributed by atoms with Gasteiger partial charge >= 0.3 is 0 Å². The average Bonchev–Trinajstić information content (AvgIpc) is 2.97. The molecule has 0 aliphatic carbocycles. The number of amides is 2. The Morgan fingerprint density at radius 1 is 1.19 bits per heavy atom. The van der Waals surface area contributed by atoms with Crippen LogP contribution in [-0.2, 0) is 4.79 Å². The summed E-state index contributed by atoms with van der Waals surface area (Å²) in [5, 5.41) is 7.64. The van der Waals surface area contributed by atoms with Crippen LogP contribution in [0.15, 0.2) is 58.1 Å². The second-order valence-corrected chi connectivity index (χ2v) is 7.62. The Morgan fingerprint density at radius 3 is 2.77 bits per heavy atom. The maximum absolute atomic E-state index is 12.3. The van der Waals surface area contributed by atoms with Crippen LogP contribution in [-0.4, -0.2) is 24.6 Å². The largest absolute Gasteiger partial charge is 0.342 e. The molecule has 0 saturated heterocycles. The summed E-state index contributed by atoms with van der Waals surface area (Å²) in [5.41, 5.74) is 3.20. The lowest BCUT2D eigenvalue weighted by atomic mass is 10.2. The van der Waals surface area contributed by atoms with Gasteiger partial charge in [0, 0.05) is 14.6 Å². The van der Waals surface area contributed by atoms with E-state index in [-0.39, 0.29) is 12.5 Å². The van der Waals surface area contributed by atoms with E-state index < -0.39 is 5.91 Å². The first-order valence-electron chi connectivity index (χ1n) is 7.57. The van der Waals surface area contributed by atoms with Crippen molar-refractivity contribution < 1.29 is 9.59 Å². The van der Waals surface area contributed by atoms with E-state index in [1.54, 1.807) is 0 Å². The fourth-order valence-electron chi connectivity index (χ4n) is 2.21. The number of hydrogen-bond acceptors (Lipinski definition) is 4. The first kappa shape index (κ1) is 18.6. The monoisotopic (exact) mass is 449 g/mol. The van der Waals surface area contributed by atoms with Gasteiger partial charge < -0.3 is 5.32 Å². The van der Waals surface area contributed by atoms with Gasteiger partial charge in [-0.3, -0.25) is 9.59 Å². The Bertz CT molecular complexity index is 1000. The standard InChI is InChI=1S/C18H13BrClN3O2S/c19-12-5-3-4-11(8-12)9-22-23-15(24)10-21-18(25)17-16(20)13-6-1-2-7-14(13)26-17/h1-9H,10H2,(H,21,25)(H,23,24)/b22-9+. The fraction of sp³-hybridized carbons (Fsp3) is 0.0556. The van der Waals surface area contributed by atoms with Gasteiger partial charge in [-0.15, -0.1) is 11.3 Å². The number of thiophene rings is 1. The summed E-state index contributed by atoms with van der Waals surface area (Å²) >= 11 is 10.9. The third kappa shape index (κ3) is 4.49. The lowest BCUT2D eigenvalue weighted by Gasteiger charge is -2.03. The molecule has 0 radical (unpaired) electrons. The quantitative estimate of drug-likeness (QED) is 0.452. The number of carbonyl (C=O) groups excluding carboxylic acids is 2. The lowest BCUT2D eigenvalue weighted by Crippen LogP contribution is -2.34. The zero-order chi connectivity index (χ0) is 18.5. The Kier molecular flexibility index (Phi) is 6.03. The van der Waals surface area contributed by atoms with Gasteiger partial charge in [0.05, 0.1) is 17.8 Å². The smallest absolute Gasteiger partial charge is 0.263 e. The van der Waals surface area contributed by atoms with Crippen molar-refractivity contribution in [2.75, 3.05) is 6.54 Å². The predicted molar refractivity (Wildman–Crippen MR) is 109 cm³/mol. The molecule has 5 nitrogen and oxygen atoms in total. The molecule has 1 aromatic heterocycles. The summed E-state index contributed by atoms with van der Waals surface area (Å²) in [4.78, 5) is 24.5. The van der Waals surface area contributed by atoms with Crippen LogP contribution in [0.1, 0.15) is 15.2 Å². The molecular weight excluding hydrogens is 438 g/mol. The molecule has 1 heterocycles. The minimum Gasteiger partial charge on any atom is -0.342 e. The van der Waals surface area contributed by atoms with E-state index in [1.165, 1.54) is 17.6 Å². The van der Waals surface area contributed by atoms with Crippen molar-refractivity contribution in [3.63, 3.8) is 0 Å².